The lowest BCUT2D eigenvalue weighted by molar-refractivity contribution is 0.101. The summed E-state index contributed by atoms with van der Waals surface area (Å²) in [4.78, 5) is 12.2. The number of benzene rings is 1. The summed E-state index contributed by atoms with van der Waals surface area (Å²) in [5.74, 6) is -0.0984. The number of hydrogen-bond acceptors (Lipinski definition) is 1. The first-order valence-corrected chi connectivity index (χ1v) is 7.49. The maximum Gasteiger partial charge on any atom is 0.272 e. The topological polar surface area (TPSA) is 34.0 Å². The summed E-state index contributed by atoms with van der Waals surface area (Å²) in [7, 11) is 0. The predicted molar refractivity (Wildman–Crippen MR) is 86.8 cm³/mol. The third-order valence-corrected chi connectivity index (χ3v) is 3.83. The molecule has 0 radical (unpaired) electrons. The number of aryl methyl sites for hydroxylation is 1. The van der Waals surface area contributed by atoms with Crippen molar-refractivity contribution in [2.24, 2.45) is 0 Å². The third kappa shape index (κ3) is 3.51. The van der Waals surface area contributed by atoms with Gasteiger partial charge in [-0.05, 0) is 59.3 Å². The van der Waals surface area contributed by atoms with E-state index in [9.17, 15) is 4.79 Å². The van der Waals surface area contributed by atoms with Crippen LogP contribution in [0, 0.1) is 3.57 Å². The Bertz CT molecular complexity index is 595. The summed E-state index contributed by atoms with van der Waals surface area (Å²) in [5.41, 5.74) is 1.45. The molecule has 0 saturated carbocycles. The van der Waals surface area contributed by atoms with Crippen LogP contribution >= 0.6 is 34.2 Å². The monoisotopic (exact) mass is 388 g/mol. The van der Waals surface area contributed by atoms with Crippen molar-refractivity contribution in [2.45, 2.75) is 19.9 Å². The van der Waals surface area contributed by atoms with Crippen molar-refractivity contribution in [2.75, 3.05) is 5.32 Å². The highest BCUT2D eigenvalue weighted by molar-refractivity contribution is 14.1. The average molecular weight is 389 g/mol. The van der Waals surface area contributed by atoms with Crippen molar-refractivity contribution >= 4 is 45.8 Å². The van der Waals surface area contributed by atoms with E-state index in [0.29, 0.717) is 10.7 Å². The van der Waals surface area contributed by atoms with E-state index in [-0.39, 0.29) is 5.91 Å². The van der Waals surface area contributed by atoms with Crippen LogP contribution in [-0.2, 0) is 6.54 Å². The van der Waals surface area contributed by atoms with Crippen LogP contribution in [0.15, 0.2) is 36.5 Å². The van der Waals surface area contributed by atoms with Crippen molar-refractivity contribution in [3.63, 3.8) is 0 Å². The fourth-order valence-electron chi connectivity index (χ4n) is 1.83. The van der Waals surface area contributed by atoms with E-state index in [2.05, 4.69) is 34.8 Å². The molecular formula is C14H14ClIN2O. The van der Waals surface area contributed by atoms with Gasteiger partial charge in [0.15, 0.2) is 0 Å². The van der Waals surface area contributed by atoms with Gasteiger partial charge in [-0.1, -0.05) is 18.5 Å². The van der Waals surface area contributed by atoms with E-state index < -0.39 is 0 Å². The van der Waals surface area contributed by atoms with Crippen LogP contribution in [0.4, 0.5) is 5.69 Å². The second kappa shape index (κ2) is 6.43. The standard InChI is InChI=1S/C14H14ClIN2O/c1-2-7-18-8-3-4-13(18)14(19)17-12-6-5-10(15)9-11(12)16/h3-6,8-9H,2,7H2,1H3,(H,17,19). The highest BCUT2D eigenvalue weighted by Gasteiger charge is 2.12. The van der Waals surface area contributed by atoms with Crippen molar-refractivity contribution in [1.82, 2.24) is 4.57 Å². The molecule has 0 spiro atoms. The van der Waals surface area contributed by atoms with Gasteiger partial charge in [0, 0.05) is 21.3 Å². The van der Waals surface area contributed by atoms with Gasteiger partial charge in [-0.2, -0.15) is 0 Å². The fourth-order valence-corrected chi connectivity index (χ4v) is 2.84. The van der Waals surface area contributed by atoms with Crippen LogP contribution in [0.2, 0.25) is 5.02 Å². The molecule has 0 unspecified atom stereocenters. The first kappa shape index (κ1) is 14.4. The molecule has 0 saturated heterocycles. The molecule has 2 aromatic rings. The van der Waals surface area contributed by atoms with Gasteiger partial charge in [-0.15, -0.1) is 0 Å². The molecule has 0 aliphatic heterocycles. The zero-order valence-corrected chi connectivity index (χ0v) is 13.4. The fraction of sp³-hybridized carbons (Fsp3) is 0.214. The number of carbonyl (C=O) groups excluding carboxylic acids is 1. The van der Waals surface area contributed by atoms with Crippen molar-refractivity contribution in [1.29, 1.82) is 0 Å². The van der Waals surface area contributed by atoms with E-state index in [1.54, 1.807) is 6.07 Å². The molecule has 1 aromatic heterocycles. The molecule has 100 valence electrons. The minimum atomic E-state index is -0.0984. The van der Waals surface area contributed by atoms with Crippen LogP contribution in [-0.4, -0.2) is 10.5 Å². The van der Waals surface area contributed by atoms with E-state index in [4.69, 9.17) is 11.6 Å². The van der Waals surface area contributed by atoms with Gasteiger partial charge in [-0.3, -0.25) is 4.79 Å². The maximum absolute atomic E-state index is 12.2. The third-order valence-electron chi connectivity index (χ3n) is 2.71. The number of anilines is 1. The molecule has 5 heteroatoms. The lowest BCUT2D eigenvalue weighted by Gasteiger charge is -2.10. The van der Waals surface area contributed by atoms with Gasteiger partial charge >= 0.3 is 0 Å². The molecule has 2 rings (SSSR count). The number of halogens is 2. The number of amides is 1. The van der Waals surface area contributed by atoms with Crippen LogP contribution in [0.1, 0.15) is 23.8 Å². The molecule has 3 nitrogen and oxygen atoms in total. The lowest BCUT2D eigenvalue weighted by atomic mass is 10.3. The van der Waals surface area contributed by atoms with Gasteiger partial charge in [0.2, 0.25) is 0 Å². The summed E-state index contributed by atoms with van der Waals surface area (Å²) in [6, 6.07) is 9.12. The number of aromatic nitrogens is 1. The molecule has 0 fully saturated rings. The summed E-state index contributed by atoms with van der Waals surface area (Å²) in [6.45, 7) is 2.93. The maximum atomic E-state index is 12.2. The first-order chi connectivity index (χ1) is 9.11. The lowest BCUT2D eigenvalue weighted by Crippen LogP contribution is -2.17. The highest BCUT2D eigenvalue weighted by Crippen LogP contribution is 2.22. The summed E-state index contributed by atoms with van der Waals surface area (Å²) < 4.78 is 2.88. The Morgan fingerprint density at radius 3 is 2.89 bits per heavy atom. The Hall–Kier alpha value is -1.01. The quantitative estimate of drug-likeness (QED) is 0.774. The normalized spacial score (nSPS) is 10.5. The second-order valence-electron chi connectivity index (χ2n) is 4.17. The zero-order valence-electron chi connectivity index (χ0n) is 10.5. The summed E-state index contributed by atoms with van der Waals surface area (Å²) >= 11 is 8.05. The van der Waals surface area contributed by atoms with Gasteiger partial charge in [0.1, 0.15) is 5.69 Å². The molecule has 1 heterocycles. The van der Waals surface area contributed by atoms with E-state index in [0.717, 1.165) is 22.2 Å². The van der Waals surface area contributed by atoms with Crippen molar-refractivity contribution < 1.29 is 4.79 Å². The van der Waals surface area contributed by atoms with Crippen LogP contribution in [0.3, 0.4) is 0 Å². The van der Waals surface area contributed by atoms with Crippen molar-refractivity contribution in [3.05, 3.63) is 50.8 Å². The number of nitrogens with zero attached hydrogens (tertiary/aromatic N) is 1. The molecule has 1 aromatic carbocycles. The predicted octanol–water partition coefficient (Wildman–Crippen LogP) is 4.41. The Morgan fingerprint density at radius 2 is 2.21 bits per heavy atom. The molecule has 19 heavy (non-hydrogen) atoms. The Labute approximate surface area is 131 Å². The van der Waals surface area contributed by atoms with Gasteiger partial charge < -0.3 is 9.88 Å². The van der Waals surface area contributed by atoms with Gasteiger partial charge in [0.25, 0.3) is 5.91 Å². The SMILES string of the molecule is CCCn1cccc1C(=O)Nc1ccc(Cl)cc1I. The molecule has 0 atom stereocenters. The Balaban J connectivity index is 2.18. The largest absolute Gasteiger partial charge is 0.344 e. The second-order valence-corrected chi connectivity index (χ2v) is 5.76. The van der Waals surface area contributed by atoms with E-state index in [1.807, 2.05) is 35.0 Å². The smallest absolute Gasteiger partial charge is 0.272 e. The molecular weight excluding hydrogens is 375 g/mol. The van der Waals surface area contributed by atoms with E-state index in [1.165, 1.54) is 0 Å². The molecule has 1 N–H and O–H groups in total. The molecule has 1 amide bonds. The van der Waals surface area contributed by atoms with Gasteiger partial charge in [-0.25, -0.2) is 0 Å². The molecule has 0 aliphatic rings. The van der Waals surface area contributed by atoms with Gasteiger partial charge in [0.05, 0.1) is 5.69 Å². The van der Waals surface area contributed by atoms with Crippen LogP contribution < -0.4 is 5.32 Å². The number of rotatable bonds is 4. The Kier molecular flexibility index (Phi) is 4.87. The first-order valence-electron chi connectivity index (χ1n) is 6.03. The number of carbonyl (C=O) groups is 1. The highest BCUT2D eigenvalue weighted by atomic mass is 127. The summed E-state index contributed by atoms with van der Waals surface area (Å²) in [6.07, 6.45) is 2.92. The van der Waals surface area contributed by atoms with Crippen LogP contribution in [0.25, 0.3) is 0 Å². The minimum Gasteiger partial charge on any atom is -0.344 e. The Morgan fingerprint density at radius 1 is 1.42 bits per heavy atom. The number of hydrogen-bond donors (Lipinski definition) is 1. The molecule has 0 bridgehead atoms. The average Bonchev–Trinajstić information content (AvgIpc) is 2.81. The number of nitrogens with one attached hydrogen (secondary N) is 1. The minimum absolute atomic E-state index is 0.0984. The molecule has 0 aliphatic carbocycles. The zero-order chi connectivity index (χ0) is 13.8. The summed E-state index contributed by atoms with van der Waals surface area (Å²) in [5, 5.41) is 3.58. The van der Waals surface area contributed by atoms with Crippen molar-refractivity contribution in [3.8, 4) is 0 Å². The van der Waals surface area contributed by atoms with E-state index >= 15 is 0 Å². The van der Waals surface area contributed by atoms with Crippen LogP contribution in [0.5, 0.6) is 0 Å².